The maximum absolute atomic E-state index is 13.4. The lowest BCUT2D eigenvalue weighted by atomic mass is 9.87. The third-order valence-corrected chi connectivity index (χ3v) is 36.9. The highest BCUT2D eigenvalue weighted by atomic mass is 32.2. The minimum absolute atomic E-state index is 0.00737. The van der Waals surface area contributed by atoms with Gasteiger partial charge in [0.2, 0.25) is 5.91 Å². The summed E-state index contributed by atoms with van der Waals surface area (Å²) in [5.74, 6) is 0.154. The first-order chi connectivity index (χ1) is 69.6. The van der Waals surface area contributed by atoms with Gasteiger partial charge < -0.3 is 69.5 Å². The number of anilines is 5. The van der Waals surface area contributed by atoms with Gasteiger partial charge in [-0.3, -0.25) is 38.4 Å². The Labute approximate surface area is 862 Å². The molecular weight excluding hydrogens is 1990 g/mol. The van der Waals surface area contributed by atoms with Crippen LogP contribution in [0.3, 0.4) is 0 Å². The second-order valence-corrected chi connectivity index (χ2v) is 47.0. The number of nitrogens with one attached hydrogen (secondary N) is 4. The number of carbonyl (C=O) groups excluding carboxylic acids is 8. The van der Waals surface area contributed by atoms with Gasteiger partial charge in [-0.05, 0) is 211 Å². The van der Waals surface area contributed by atoms with E-state index in [4.69, 9.17) is 28.7 Å². The number of benzene rings is 5. The average molecular weight is 2110 g/mol. The molecule has 0 spiro atoms. The van der Waals surface area contributed by atoms with E-state index in [-0.39, 0.29) is 88.7 Å². The first-order valence-electron chi connectivity index (χ1n) is 47.9. The molecule has 8 amide bonds. The fourth-order valence-corrected chi connectivity index (χ4v) is 25.8. The molecule has 1 saturated carbocycles. The van der Waals surface area contributed by atoms with Gasteiger partial charge in [0.15, 0.2) is 19.7 Å². The van der Waals surface area contributed by atoms with Crippen molar-refractivity contribution in [1.82, 2.24) is 91.9 Å². The summed E-state index contributed by atoms with van der Waals surface area (Å²) in [6.07, 6.45) is 7.54. The van der Waals surface area contributed by atoms with E-state index < -0.39 is 19.7 Å². The highest BCUT2D eigenvalue weighted by Gasteiger charge is 2.45. The van der Waals surface area contributed by atoms with Crippen molar-refractivity contribution in [3.63, 3.8) is 0 Å². The number of nitrogens with zero attached hydrogens (tertiary/aromatic N) is 14. The molecule has 43 heteroatoms. The number of nitrogens with two attached hydrogens (primary N) is 5. The quantitative estimate of drug-likeness (QED) is 0.0342. The van der Waals surface area contributed by atoms with Crippen LogP contribution in [-0.2, 0) is 37.6 Å². The summed E-state index contributed by atoms with van der Waals surface area (Å²) in [5.41, 5.74) is 45.2. The molecule has 10 aromatic heterocycles. The smallest absolute Gasteiger partial charge is 0.266 e. The van der Waals surface area contributed by atoms with Crippen LogP contribution in [0.2, 0.25) is 0 Å². The maximum atomic E-state index is 13.4. The van der Waals surface area contributed by atoms with E-state index in [1.165, 1.54) is 107 Å². The van der Waals surface area contributed by atoms with Crippen LogP contribution in [0, 0.1) is 99.7 Å². The Morgan fingerprint density at radius 3 is 1.11 bits per heavy atom. The molecule has 146 heavy (non-hydrogen) atoms. The van der Waals surface area contributed by atoms with Crippen LogP contribution < -0.4 is 49.9 Å². The highest BCUT2D eigenvalue weighted by Crippen LogP contribution is 2.43. The number of halogens is 1. The summed E-state index contributed by atoms with van der Waals surface area (Å²) in [4.78, 5) is 115. The number of thiophene rings is 5. The van der Waals surface area contributed by atoms with Gasteiger partial charge in [0.25, 0.3) is 41.4 Å². The van der Waals surface area contributed by atoms with Crippen molar-refractivity contribution in [2.45, 2.75) is 170 Å². The van der Waals surface area contributed by atoms with E-state index in [2.05, 4.69) is 77.2 Å². The van der Waals surface area contributed by atoms with E-state index in [0.717, 1.165) is 123 Å². The molecule has 0 radical (unpaired) electrons. The summed E-state index contributed by atoms with van der Waals surface area (Å²) in [6, 6.07) is 30.7. The molecule has 5 aromatic carbocycles. The molecule has 20 rings (SSSR count). The Balaban J connectivity index is 0.000000131. The number of likely N-dealkylation sites (tertiary alicyclic amines) is 4. The van der Waals surface area contributed by atoms with E-state index in [1.807, 2.05) is 124 Å². The summed E-state index contributed by atoms with van der Waals surface area (Å²) >= 11 is 6.22. The van der Waals surface area contributed by atoms with Crippen LogP contribution in [0.5, 0.6) is 0 Å². The molecule has 4 aliphatic heterocycles. The SMILES string of the molecule is CCCS(=O)(=O)c1ccc(CNC(=O)c2sc3nnc(C)c(C)c3c2N)cc1.CCS(=O)(=O)c1ccc(CNC(=O)c2sc3nnc(C)c(C)c3c2N)cc1.Cc1cc(C(=O)N2CC(NC(=O)c3sc4nnc(C)c(C)c4c3N)C2)ccc1F.Cc1nnc2sc(C(=O)N3CC4CN(C(=O)CC5CCCCC5)CC4C3)c(N)c2c1C.Cc1nnc2sc(C(=O)NC3CN(C(=O)c4ccc5ccccc5c4)C3)c(N)c2c1C. The Morgan fingerprint density at radius 2 is 0.726 bits per heavy atom. The van der Waals surface area contributed by atoms with Crippen molar-refractivity contribution >= 4 is 214 Å². The molecule has 0 bridgehead atoms. The summed E-state index contributed by atoms with van der Waals surface area (Å²) in [7, 11) is -6.48. The minimum atomic E-state index is -3.24. The molecule has 1 aliphatic carbocycles. The van der Waals surface area contributed by atoms with Gasteiger partial charge in [-0.2, -0.15) is 25.5 Å². The molecule has 2 unspecified atom stereocenters. The van der Waals surface area contributed by atoms with Crippen LogP contribution in [0.15, 0.2) is 119 Å². The Kier molecular flexibility index (Phi) is 31.5. The number of carbonyl (C=O) groups is 8. The normalized spacial score (nSPS) is 15.3. The molecule has 35 nitrogen and oxygen atoms in total. The maximum Gasteiger partial charge on any atom is 0.266 e. The first-order valence-corrected chi connectivity index (χ1v) is 55.3. The molecule has 14 heterocycles. The largest absolute Gasteiger partial charge is 0.397 e. The standard InChI is InChI=1S/C23H21N5O2S.C23H31N5O2S.C20H20FN5O2S.C19H22N4O3S2.C18H20N4O3S2/c1-12-13(2)26-27-22-18(12)19(24)20(31-22)21(29)25-17-10-28(11-17)23(30)16-8-7-14-5-3-4-6-15(14)9-16;1-13-14(2)25-26-22-19(13)20(24)21(31-22)23(30)28-11-16-9-27(10-17(16)12-28)18(29)8-15-6-4-3-5-7-15;1-9-6-12(4-5-14(9)21)20(28)26-7-13(8-26)23-18(27)17-16(22)15-10(2)11(3)24-25-19(15)29-17;1-4-9-28(25,26)14-7-5-13(6-8-14)10-21-18(24)17-16(20)15-11(2)12(3)22-23-19(15)27-17;1-4-27(24,25)13-7-5-12(6-8-13)9-20-17(23)16-15(19)14-10(2)11(3)21-22-18(14)26-16/h3-9,17H,10-11,24H2,1-2H3,(H,25,29);15-17H,3-12,24H2,1-2H3;4-6,13H,7-8,22H2,1-3H3,(H,23,27);5-8H,4,9-10,20H2,1-3H3,(H,21,24);5-8H,4,9,19H2,1-3H3,(H,20,23). The van der Waals surface area contributed by atoms with Crippen molar-refractivity contribution in [3.05, 3.63) is 224 Å². The number of amides is 8. The van der Waals surface area contributed by atoms with Crippen molar-refractivity contribution < 1.29 is 59.6 Å². The van der Waals surface area contributed by atoms with Crippen molar-refractivity contribution in [2.75, 3.05) is 92.5 Å². The van der Waals surface area contributed by atoms with Gasteiger partial charge in [0.1, 0.15) is 54.4 Å². The predicted octanol–water partition coefficient (Wildman–Crippen LogP) is 14.9. The lowest BCUT2D eigenvalue weighted by molar-refractivity contribution is -0.131. The zero-order valence-corrected chi connectivity index (χ0v) is 88.7. The Bertz CT molecular complexity index is 7920. The average Bonchev–Trinajstić information content (AvgIpc) is 1.63. The number of aromatic nitrogens is 10. The van der Waals surface area contributed by atoms with Crippen LogP contribution in [0.4, 0.5) is 32.8 Å². The van der Waals surface area contributed by atoms with E-state index >= 15 is 0 Å². The molecule has 762 valence electrons. The van der Waals surface area contributed by atoms with Crippen LogP contribution in [-0.4, -0.2) is 211 Å². The number of rotatable bonds is 20. The fourth-order valence-electron chi connectivity index (χ4n) is 18.5. The number of aryl methyl sites for hydroxylation is 11. The third-order valence-electron chi connectivity index (χ3n) is 27.7. The summed E-state index contributed by atoms with van der Waals surface area (Å²) < 4.78 is 61.2. The summed E-state index contributed by atoms with van der Waals surface area (Å²) in [5, 5.41) is 58.9. The Hall–Kier alpha value is -13.9. The molecule has 5 aliphatic rings. The van der Waals surface area contributed by atoms with Gasteiger partial charge in [0.05, 0.1) is 90.3 Å². The molecule has 5 fully saturated rings. The molecule has 14 N–H and O–H groups in total. The van der Waals surface area contributed by atoms with E-state index in [0.29, 0.717) is 170 Å². The highest BCUT2D eigenvalue weighted by molar-refractivity contribution is 7.91. The zero-order valence-electron chi connectivity index (χ0n) is 83.0. The zero-order chi connectivity index (χ0) is 105. The predicted molar refractivity (Wildman–Crippen MR) is 572 cm³/mol. The van der Waals surface area contributed by atoms with Crippen molar-refractivity contribution in [2.24, 2.45) is 17.8 Å². The van der Waals surface area contributed by atoms with Gasteiger partial charge in [0, 0.05) is 122 Å². The minimum Gasteiger partial charge on any atom is -0.397 e. The van der Waals surface area contributed by atoms with Gasteiger partial charge in [-0.25, -0.2) is 21.2 Å². The van der Waals surface area contributed by atoms with Gasteiger partial charge >= 0.3 is 0 Å². The van der Waals surface area contributed by atoms with Crippen LogP contribution in [0.25, 0.3) is 61.9 Å². The van der Waals surface area contributed by atoms with Crippen molar-refractivity contribution in [3.8, 4) is 0 Å². The topological polar surface area (TPSA) is 525 Å². The lowest BCUT2D eigenvalue weighted by Gasteiger charge is -2.39. The number of nitrogen functional groups attached to an aromatic ring is 5. The number of hydrogen-bond donors (Lipinski definition) is 9. The Morgan fingerprint density at radius 1 is 0.384 bits per heavy atom. The first kappa shape index (κ1) is 105. The van der Waals surface area contributed by atoms with Gasteiger partial charge in [-0.1, -0.05) is 87.7 Å². The molecule has 15 aromatic rings. The fraction of sp³-hybridized carbons (Fsp3) is 0.359. The number of sulfone groups is 2. The second kappa shape index (κ2) is 43.8. The summed E-state index contributed by atoms with van der Waals surface area (Å²) in [6.45, 7) is 29.2. The molecule has 2 atom stereocenters. The monoisotopic (exact) mass is 2110 g/mol. The van der Waals surface area contributed by atoms with Crippen molar-refractivity contribution in [1.29, 1.82) is 0 Å². The molecular formula is C103H114FN23O12S7. The third kappa shape index (κ3) is 22.1. The van der Waals surface area contributed by atoms with Gasteiger partial charge in [-0.15, -0.1) is 82.2 Å². The van der Waals surface area contributed by atoms with E-state index in [1.54, 1.807) is 72.2 Å². The second-order valence-electron chi connectivity index (χ2n) is 37.6. The number of fused-ring (bicyclic) bond motifs is 7. The number of hydrogen-bond acceptors (Lipinski definition) is 32. The lowest BCUT2D eigenvalue weighted by Crippen LogP contribution is -2.60. The van der Waals surface area contributed by atoms with E-state index in [9.17, 15) is 59.6 Å². The van der Waals surface area contributed by atoms with Crippen LogP contribution in [0.1, 0.15) is 201 Å². The van der Waals surface area contributed by atoms with Crippen LogP contribution >= 0.6 is 56.7 Å². The molecule has 4 saturated heterocycles.